The summed E-state index contributed by atoms with van der Waals surface area (Å²) in [5.41, 5.74) is 1.23. The highest BCUT2D eigenvalue weighted by Gasteiger charge is 2.15. The Morgan fingerprint density at radius 2 is 2.54 bits per heavy atom. The van der Waals surface area contributed by atoms with Crippen molar-refractivity contribution >= 4 is 5.82 Å². The van der Waals surface area contributed by atoms with Gasteiger partial charge in [0, 0.05) is 12.8 Å². The molecule has 0 amide bonds. The predicted octanol–water partition coefficient (Wildman–Crippen LogP) is 1.59. The zero-order valence-electron chi connectivity index (χ0n) is 7.79. The normalized spacial score (nSPS) is 21.8. The number of nitrogens with one attached hydrogen (secondary N) is 1. The molecule has 0 spiro atoms. The minimum atomic E-state index is 0.439. The van der Waals surface area contributed by atoms with E-state index in [-0.39, 0.29) is 0 Å². The lowest BCUT2D eigenvalue weighted by atomic mass is 10.2. The summed E-state index contributed by atoms with van der Waals surface area (Å²) in [6.07, 6.45) is 2.91. The van der Waals surface area contributed by atoms with Crippen molar-refractivity contribution in [1.29, 1.82) is 0 Å². The molecule has 0 aromatic carbocycles. The predicted molar refractivity (Wildman–Crippen MR) is 51.8 cm³/mol. The maximum Gasteiger partial charge on any atom is 0.126 e. The van der Waals surface area contributed by atoms with E-state index in [4.69, 9.17) is 4.74 Å². The fraction of sp³-hybridized carbons (Fsp3) is 0.500. The Hall–Kier alpha value is -1.09. The summed E-state index contributed by atoms with van der Waals surface area (Å²) in [7, 11) is 0. The van der Waals surface area contributed by atoms with Gasteiger partial charge in [-0.25, -0.2) is 4.98 Å². The minimum absolute atomic E-state index is 0.439. The molecule has 1 aliphatic heterocycles. The van der Waals surface area contributed by atoms with Crippen molar-refractivity contribution in [3.63, 3.8) is 0 Å². The molecule has 1 aromatic heterocycles. The van der Waals surface area contributed by atoms with Crippen LogP contribution in [-0.2, 0) is 4.74 Å². The smallest absolute Gasteiger partial charge is 0.126 e. The van der Waals surface area contributed by atoms with Crippen LogP contribution in [0.3, 0.4) is 0 Å². The van der Waals surface area contributed by atoms with Crippen molar-refractivity contribution in [2.24, 2.45) is 0 Å². The van der Waals surface area contributed by atoms with E-state index in [0.29, 0.717) is 6.04 Å². The van der Waals surface area contributed by atoms with Crippen LogP contribution in [0.1, 0.15) is 12.0 Å². The first-order chi connectivity index (χ1) is 6.34. The minimum Gasteiger partial charge on any atom is -0.379 e. The Bertz CT molecular complexity index is 282. The number of pyridine rings is 1. The number of hydrogen-bond acceptors (Lipinski definition) is 3. The molecule has 0 saturated carbocycles. The topological polar surface area (TPSA) is 34.2 Å². The zero-order chi connectivity index (χ0) is 9.10. The Morgan fingerprint density at radius 1 is 1.62 bits per heavy atom. The Morgan fingerprint density at radius 3 is 3.23 bits per heavy atom. The third-order valence-corrected chi connectivity index (χ3v) is 2.20. The van der Waals surface area contributed by atoms with Gasteiger partial charge >= 0.3 is 0 Å². The molecule has 13 heavy (non-hydrogen) atoms. The molecule has 1 atom stereocenters. The number of ether oxygens (including phenoxy) is 1. The highest BCUT2D eigenvalue weighted by atomic mass is 16.5. The number of aryl methyl sites for hydroxylation is 1. The first-order valence-corrected chi connectivity index (χ1v) is 4.61. The molecule has 0 radical (unpaired) electrons. The zero-order valence-corrected chi connectivity index (χ0v) is 7.79. The number of nitrogens with zero attached hydrogens (tertiary/aromatic N) is 1. The van der Waals surface area contributed by atoms with Gasteiger partial charge in [0.15, 0.2) is 0 Å². The Kier molecular flexibility index (Phi) is 2.45. The highest BCUT2D eigenvalue weighted by Crippen LogP contribution is 2.12. The second-order valence-electron chi connectivity index (χ2n) is 3.42. The van der Waals surface area contributed by atoms with Gasteiger partial charge in [0.05, 0.1) is 12.6 Å². The summed E-state index contributed by atoms with van der Waals surface area (Å²) < 4.78 is 5.27. The van der Waals surface area contributed by atoms with Crippen molar-refractivity contribution in [2.45, 2.75) is 19.4 Å². The van der Waals surface area contributed by atoms with E-state index in [1.807, 2.05) is 12.3 Å². The lowest BCUT2D eigenvalue weighted by Gasteiger charge is -2.10. The summed E-state index contributed by atoms with van der Waals surface area (Å²) in [6, 6.07) is 4.49. The number of anilines is 1. The summed E-state index contributed by atoms with van der Waals surface area (Å²) >= 11 is 0. The maximum atomic E-state index is 5.27. The fourth-order valence-electron chi connectivity index (χ4n) is 1.47. The molecule has 3 heteroatoms. The maximum absolute atomic E-state index is 5.27. The molecule has 1 saturated heterocycles. The van der Waals surface area contributed by atoms with Gasteiger partial charge in [-0.3, -0.25) is 0 Å². The van der Waals surface area contributed by atoms with Gasteiger partial charge in [-0.2, -0.15) is 0 Å². The van der Waals surface area contributed by atoms with E-state index < -0.39 is 0 Å². The summed E-state index contributed by atoms with van der Waals surface area (Å²) in [5.74, 6) is 0.954. The standard InChI is InChI=1S/C10H14N2O/c1-8-2-4-11-10(6-8)12-9-3-5-13-7-9/h2,4,6,9H,3,5,7H2,1H3,(H,11,12). The van der Waals surface area contributed by atoms with Crippen LogP contribution in [-0.4, -0.2) is 24.2 Å². The van der Waals surface area contributed by atoms with Crippen molar-refractivity contribution in [2.75, 3.05) is 18.5 Å². The van der Waals surface area contributed by atoms with Crippen LogP contribution in [0.5, 0.6) is 0 Å². The Balaban J connectivity index is 2.00. The lowest BCUT2D eigenvalue weighted by molar-refractivity contribution is 0.195. The molecule has 2 rings (SSSR count). The second-order valence-corrected chi connectivity index (χ2v) is 3.42. The lowest BCUT2D eigenvalue weighted by Crippen LogP contribution is -2.19. The first kappa shape index (κ1) is 8.51. The molecule has 1 fully saturated rings. The van der Waals surface area contributed by atoms with Crippen LogP contribution in [0.4, 0.5) is 5.82 Å². The largest absolute Gasteiger partial charge is 0.379 e. The molecule has 1 aromatic rings. The SMILES string of the molecule is Cc1ccnc(NC2CCOC2)c1. The van der Waals surface area contributed by atoms with Gasteiger partial charge in [0.25, 0.3) is 0 Å². The van der Waals surface area contributed by atoms with Gasteiger partial charge in [-0.05, 0) is 31.0 Å². The molecular formula is C10H14N2O. The van der Waals surface area contributed by atoms with E-state index in [1.54, 1.807) is 0 Å². The van der Waals surface area contributed by atoms with Gasteiger partial charge in [0.2, 0.25) is 0 Å². The van der Waals surface area contributed by atoms with Crippen LogP contribution in [0.2, 0.25) is 0 Å². The van der Waals surface area contributed by atoms with Crippen LogP contribution >= 0.6 is 0 Å². The molecule has 0 aliphatic carbocycles. The van der Waals surface area contributed by atoms with E-state index >= 15 is 0 Å². The van der Waals surface area contributed by atoms with Gasteiger partial charge in [-0.15, -0.1) is 0 Å². The van der Waals surface area contributed by atoms with E-state index in [2.05, 4.69) is 23.3 Å². The third kappa shape index (κ3) is 2.18. The molecular weight excluding hydrogens is 164 g/mol. The average Bonchev–Trinajstić information content (AvgIpc) is 2.57. The monoisotopic (exact) mass is 178 g/mol. The summed E-state index contributed by atoms with van der Waals surface area (Å²) in [5, 5.41) is 3.35. The van der Waals surface area contributed by atoms with Crippen LogP contribution in [0, 0.1) is 6.92 Å². The first-order valence-electron chi connectivity index (χ1n) is 4.61. The molecule has 1 N–H and O–H groups in total. The second kappa shape index (κ2) is 3.75. The molecule has 70 valence electrons. The van der Waals surface area contributed by atoms with Crippen molar-refractivity contribution < 1.29 is 4.74 Å². The van der Waals surface area contributed by atoms with Crippen LogP contribution < -0.4 is 5.32 Å². The van der Waals surface area contributed by atoms with Gasteiger partial charge < -0.3 is 10.1 Å². The molecule has 3 nitrogen and oxygen atoms in total. The molecule has 1 aliphatic rings. The number of aromatic nitrogens is 1. The average molecular weight is 178 g/mol. The van der Waals surface area contributed by atoms with E-state index in [9.17, 15) is 0 Å². The van der Waals surface area contributed by atoms with Crippen molar-refractivity contribution in [1.82, 2.24) is 4.98 Å². The van der Waals surface area contributed by atoms with Crippen molar-refractivity contribution in [3.05, 3.63) is 23.9 Å². The third-order valence-electron chi connectivity index (χ3n) is 2.20. The van der Waals surface area contributed by atoms with E-state index in [0.717, 1.165) is 25.5 Å². The van der Waals surface area contributed by atoms with Gasteiger partial charge in [0.1, 0.15) is 5.82 Å². The molecule has 2 heterocycles. The quantitative estimate of drug-likeness (QED) is 0.746. The van der Waals surface area contributed by atoms with E-state index in [1.165, 1.54) is 5.56 Å². The number of rotatable bonds is 2. The molecule has 0 bridgehead atoms. The number of hydrogen-bond donors (Lipinski definition) is 1. The van der Waals surface area contributed by atoms with Crippen LogP contribution in [0.25, 0.3) is 0 Å². The van der Waals surface area contributed by atoms with Crippen LogP contribution in [0.15, 0.2) is 18.3 Å². The summed E-state index contributed by atoms with van der Waals surface area (Å²) in [4.78, 5) is 4.24. The molecule has 1 unspecified atom stereocenters. The fourth-order valence-corrected chi connectivity index (χ4v) is 1.47. The van der Waals surface area contributed by atoms with Gasteiger partial charge in [-0.1, -0.05) is 0 Å². The highest BCUT2D eigenvalue weighted by molar-refractivity contribution is 5.38. The Labute approximate surface area is 78.1 Å². The summed E-state index contributed by atoms with van der Waals surface area (Å²) in [6.45, 7) is 3.73. The van der Waals surface area contributed by atoms with Crippen molar-refractivity contribution in [3.8, 4) is 0 Å².